The fourth-order valence-electron chi connectivity index (χ4n) is 8.28. The van der Waals surface area contributed by atoms with E-state index >= 15 is 0 Å². The minimum Gasteiger partial charge on any atom is -0.431 e. The highest BCUT2D eigenvalue weighted by atomic mass is 16.4. The molecule has 11 atom stereocenters. The second-order valence-corrected chi connectivity index (χ2v) is 11.0. The summed E-state index contributed by atoms with van der Waals surface area (Å²) in [6.07, 6.45) is -1.59. The Bertz CT molecular complexity index is 970. The van der Waals surface area contributed by atoms with E-state index in [-0.39, 0.29) is 6.42 Å². The summed E-state index contributed by atoms with van der Waals surface area (Å²) < 4.78 is 5.03. The lowest BCUT2D eigenvalue weighted by Crippen LogP contribution is -2.72. The van der Waals surface area contributed by atoms with Crippen molar-refractivity contribution in [1.82, 2.24) is 0 Å². The van der Waals surface area contributed by atoms with Crippen LogP contribution in [0.4, 0.5) is 0 Å². The van der Waals surface area contributed by atoms with Crippen molar-refractivity contribution in [1.29, 1.82) is 0 Å². The molecule has 4 saturated carbocycles. The first kappa shape index (κ1) is 22.2. The topological polar surface area (TPSA) is 148 Å². The molecule has 0 aliphatic heterocycles. The third-order valence-corrected chi connectivity index (χ3v) is 9.91. The Balaban J connectivity index is 1.59. The van der Waals surface area contributed by atoms with Gasteiger partial charge in [-0.3, -0.25) is 4.79 Å². The fraction of sp³-hybridized carbons (Fsp3) is 0.750. The van der Waals surface area contributed by atoms with Gasteiger partial charge in [0.2, 0.25) is 0 Å². The summed E-state index contributed by atoms with van der Waals surface area (Å²) in [5.74, 6) is -2.30. The average Bonchev–Trinajstić information content (AvgIpc) is 3.03. The molecule has 11 unspecified atom stereocenters. The number of ketones is 1. The number of hydrogen-bond acceptors (Lipinski definition) is 8. The van der Waals surface area contributed by atoms with E-state index in [1.165, 1.54) is 12.3 Å². The van der Waals surface area contributed by atoms with Gasteiger partial charge in [-0.15, -0.1) is 0 Å². The zero-order valence-electron chi connectivity index (χ0n) is 18.3. The minimum atomic E-state index is -1.38. The monoisotopic (exact) mass is 448 g/mol. The molecule has 0 aromatic carbocycles. The second kappa shape index (κ2) is 6.96. The molecule has 8 heteroatoms. The van der Waals surface area contributed by atoms with Crippen molar-refractivity contribution in [2.24, 2.45) is 28.6 Å². The number of hydrogen-bond donors (Lipinski definition) is 5. The van der Waals surface area contributed by atoms with Crippen molar-refractivity contribution < 1.29 is 34.7 Å². The van der Waals surface area contributed by atoms with Crippen molar-refractivity contribution in [3.63, 3.8) is 0 Å². The Morgan fingerprint density at radius 2 is 1.66 bits per heavy atom. The van der Waals surface area contributed by atoms with Gasteiger partial charge in [0.05, 0.1) is 29.5 Å². The van der Waals surface area contributed by atoms with Crippen LogP contribution in [0, 0.1) is 28.6 Å². The molecule has 0 bridgehead atoms. The summed E-state index contributed by atoms with van der Waals surface area (Å²) in [7, 11) is 0. The molecule has 176 valence electrons. The number of carbonyl (C=O) groups excluding carboxylic acids is 1. The smallest absolute Gasteiger partial charge is 0.335 e. The van der Waals surface area contributed by atoms with Crippen molar-refractivity contribution in [3.8, 4) is 0 Å². The van der Waals surface area contributed by atoms with Crippen molar-refractivity contribution >= 4 is 5.78 Å². The quantitative estimate of drug-likeness (QED) is 0.413. The normalized spacial score (nSPS) is 52.8. The number of Topliss-reactive ketones (excluding diaryl/α,β-unsaturated/α-hetero) is 1. The molecule has 4 aliphatic rings. The first-order chi connectivity index (χ1) is 15.0. The zero-order chi connectivity index (χ0) is 23.2. The van der Waals surface area contributed by atoms with Gasteiger partial charge in [0.15, 0.2) is 5.78 Å². The van der Waals surface area contributed by atoms with Gasteiger partial charge in [-0.2, -0.15) is 0 Å². The van der Waals surface area contributed by atoms with Crippen LogP contribution < -0.4 is 5.63 Å². The van der Waals surface area contributed by atoms with Crippen molar-refractivity contribution in [3.05, 3.63) is 34.4 Å². The Morgan fingerprint density at radius 1 is 0.969 bits per heavy atom. The number of rotatable bonds is 1. The van der Waals surface area contributed by atoms with Gasteiger partial charge in [-0.25, -0.2) is 4.79 Å². The van der Waals surface area contributed by atoms with Crippen LogP contribution in [0.3, 0.4) is 0 Å². The van der Waals surface area contributed by atoms with Crippen LogP contribution in [-0.4, -0.2) is 61.3 Å². The molecular formula is C24H32O8. The van der Waals surface area contributed by atoms with E-state index in [0.29, 0.717) is 31.2 Å². The van der Waals surface area contributed by atoms with Crippen molar-refractivity contribution in [2.45, 2.75) is 81.9 Å². The largest absolute Gasteiger partial charge is 0.431 e. The number of aliphatic hydroxyl groups is 5. The number of aliphatic hydroxyl groups excluding tert-OH is 4. The van der Waals surface area contributed by atoms with Crippen molar-refractivity contribution in [2.75, 3.05) is 0 Å². The standard InChI is InChI=1S/C24H32O8/c1-22-9-15(25)19(28)18(27)14(22)5-4-13-17(22)20(29)21(30)23(2)12(7-8-24(13,23)31)11-3-6-16(26)32-10-11/h3,6,10,12-15,17-20,25,27-29,31H,4-5,7-9H2,1-2H3. The molecule has 4 aliphatic carbocycles. The summed E-state index contributed by atoms with van der Waals surface area (Å²) in [4.78, 5) is 25.2. The maximum Gasteiger partial charge on any atom is 0.335 e. The van der Waals surface area contributed by atoms with E-state index in [2.05, 4.69) is 0 Å². The maximum atomic E-state index is 13.8. The second-order valence-electron chi connectivity index (χ2n) is 11.0. The molecular weight excluding hydrogens is 416 g/mol. The summed E-state index contributed by atoms with van der Waals surface area (Å²) in [5, 5.41) is 54.9. The fourth-order valence-corrected chi connectivity index (χ4v) is 8.28. The predicted molar refractivity (Wildman–Crippen MR) is 111 cm³/mol. The van der Waals surface area contributed by atoms with E-state index in [9.17, 15) is 35.1 Å². The maximum absolute atomic E-state index is 13.8. The summed E-state index contributed by atoms with van der Waals surface area (Å²) >= 11 is 0. The molecule has 0 radical (unpaired) electrons. The molecule has 8 nitrogen and oxygen atoms in total. The lowest BCUT2D eigenvalue weighted by Gasteiger charge is -2.65. The highest BCUT2D eigenvalue weighted by molar-refractivity contribution is 5.93. The molecule has 1 aromatic rings. The van der Waals surface area contributed by atoms with Crippen LogP contribution in [0.25, 0.3) is 0 Å². The number of carbonyl (C=O) groups is 1. The third kappa shape index (κ3) is 2.56. The summed E-state index contributed by atoms with van der Waals surface area (Å²) in [6.45, 7) is 3.56. The third-order valence-electron chi connectivity index (χ3n) is 9.91. The minimum absolute atomic E-state index is 0.140. The molecule has 0 saturated heterocycles. The van der Waals surface area contributed by atoms with Gasteiger partial charge in [0.1, 0.15) is 12.2 Å². The Morgan fingerprint density at radius 3 is 2.31 bits per heavy atom. The molecule has 0 amide bonds. The van der Waals surface area contributed by atoms with E-state index in [1.54, 1.807) is 13.0 Å². The molecule has 5 N–H and O–H groups in total. The summed E-state index contributed by atoms with van der Waals surface area (Å²) in [6, 6.07) is 2.91. The van der Waals surface area contributed by atoms with Crippen LogP contribution in [0.2, 0.25) is 0 Å². The SMILES string of the molecule is CC12CC(O)C(O)C(O)C1CCC1C2C(O)C(=O)C2(C)C(c3ccc(=O)oc3)CCC12O. The van der Waals surface area contributed by atoms with Gasteiger partial charge in [-0.05, 0) is 67.9 Å². The molecule has 32 heavy (non-hydrogen) atoms. The van der Waals surface area contributed by atoms with Crippen LogP contribution in [0.5, 0.6) is 0 Å². The molecule has 0 spiro atoms. The van der Waals surface area contributed by atoms with E-state index in [0.717, 1.165) is 0 Å². The molecule has 1 aromatic heterocycles. The van der Waals surface area contributed by atoms with Crippen LogP contribution >= 0.6 is 0 Å². The highest BCUT2D eigenvalue weighted by Gasteiger charge is 2.74. The van der Waals surface area contributed by atoms with Gasteiger partial charge in [-0.1, -0.05) is 6.92 Å². The number of fused-ring (bicyclic) bond motifs is 5. The molecule has 4 fully saturated rings. The lowest BCUT2D eigenvalue weighted by atomic mass is 9.41. The van der Waals surface area contributed by atoms with Gasteiger partial charge in [0, 0.05) is 17.9 Å². The van der Waals surface area contributed by atoms with E-state index < -0.39 is 75.9 Å². The Kier molecular flexibility index (Phi) is 4.84. The molecule has 1 heterocycles. The first-order valence-corrected chi connectivity index (χ1v) is 11.5. The average molecular weight is 449 g/mol. The lowest BCUT2D eigenvalue weighted by molar-refractivity contribution is -0.253. The highest BCUT2D eigenvalue weighted by Crippen LogP contribution is 2.69. The van der Waals surface area contributed by atoms with Gasteiger partial charge >= 0.3 is 5.63 Å². The molecule has 5 rings (SSSR count). The van der Waals surface area contributed by atoms with E-state index in [1.807, 2.05) is 6.92 Å². The zero-order valence-corrected chi connectivity index (χ0v) is 18.3. The first-order valence-electron chi connectivity index (χ1n) is 11.5. The van der Waals surface area contributed by atoms with E-state index in [4.69, 9.17) is 4.42 Å². The van der Waals surface area contributed by atoms with Crippen LogP contribution in [-0.2, 0) is 4.79 Å². The Labute approximate surface area is 185 Å². The van der Waals surface area contributed by atoms with Crippen LogP contribution in [0.15, 0.2) is 27.6 Å². The van der Waals surface area contributed by atoms with Crippen LogP contribution in [0.1, 0.15) is 57.4 Å². The van der Waals surface area contributed by atoms with Gasteiger partial charge < -0.3 is 29.9 Å². The Hall–Kier alpha value is -1.58. The predicted octanol–water partition coefficient (Wildman–Crippen LogP) is 0.333. The van der Waals surface area contributed by atoms with Gasteiger partial charge in [0.25, 0.3) is 0 Å². The summed E-state index contributed by atoms with van der Waals surface area (Å²) in [5.41, 5.74) is -3.31.